The second-order valence-corrected chi connectivity index (χ2v) is 4.36. The number of pyridine rings is 1. The first-order chi connectivity index (χ1) is 9.83. The van der Waals surface area contributed by atoms with Gasteiger partial charge >= 0.3 is 0 Å². The van der Waals surface area contributed by atoms with Gasteiger partial charge in [-0.15, -0.1) is 0 Å². The van der Waals surface area contributed by atoms with Crippen molar-refractivity contribution < 1.29 is 4.79 Å². The maximum absolute atomic E-state index is 12.1. The molecule has 1 amide bonds. The molecule has 0 saturated heterocycles. The van der Waals surface area contributed by atoms with Crippen LogP contribution in [0.4, 0.5) is 5.69 Å². The summed E-state index contributed by atoms with van der Waals surface area (Å²) in [5.74, 6) is -0.181. The van der Waals surface area contributed by atoms with Crippen molar-refractivity contribution in [3.05, 3.63) is 72.4 Å². The number of rotatable bonds is 3. The van der Waals surface area contributed by atoms with Crippen LogP contribution < -0.4 is 10.9 Å². The summed E-state index contributed by atoms with van der Waals surface area (Å²) in [5.41, 5.74) is 7.85. The number of nitrogens with zero attached hydrogens (tertiary/aromatic N) is 1. The van der Waals surface area contributed by atoms with Gasteiger partial charge in [-0.3, -0.25) is 20.6 Å². The first-order valence-corrected chi connectivity index (χ1v) is 6.29. The number of fused-ring (bicyclic) bond motifs is 1. The Morgan fingerprint density at radius 2 is 1.80 bits per heavy atom. The Bertz CT molecular complexity index is 741. The van der Waals surface area contributed by atoms with Crippen LogP contribution in [0, 0.1) is 0 Å². The molecular weight excluding hydrogens is 250 g/mol. The van der Waals surface area contributed by atoms with Gasteiger partial charge in [-0.2, -0.15) is 0 Å². The Labute approximate surface area is 116 Å². The van der Waals surface area contributed by atoms with E-state index in [4.69, 9.17) is 0 Å². The second-order valence-electron chi connectivity index (χ2n) is 4.36. The van der Waals surface area contributed by atoms with Gasteiger partial charge in [-0.1, -0.05) is 24.3 Å². The van der Waals surface area contributed by atoms with Crippen LogP contribution in [0.5, 0.6) is 0 Å². The van der Waals surface area contributed by atoms with Gasteiger partial charge in [0.15, 0.2) is 0 Å². The SMILES string of the molecule is O=C(NNc1ccccc1)c1ccc2ncccc2c1. The van der Waals surface area contributed by atoms with Gasteiger partial charge in [0, 0.05) is 17.1 Å². The van der Waals surface area contributed by atoms with E-state index in [0.29, 0.717) is 5.56 Å². The Hall–Kier alpha value is -2.88. The number of anilines is 1. The van der Waals surface area contributed by atoms with E-state index in [0.717, 1.165) is 16.6 Å². The number of amides is 1. The second kappa shape index (κ2) is 5.40. The topological polar surface area (TPSA) is 54.0 Å². The van der Waals surface area contributed by atoms with Crippen molar-refractivity contribution in [3.8, 4) is 0 Å². The molecule has 0 fully saturated rings. The summed E-state index contributed by atoms with van der Waals surface area (Å²) in [7, 11) is 0. The molecule has 1 aromatic heterocycles. The van der Waals surface area contributed by atoms with Crippen molar-refractivity contribution in [3.63, 3.8) is 0 Å². The summed E-state index contributed by atoms with van der Waals surface area (Å²) in [5, 5.41) is 0.944. The van der Waals surface area contributed by atoms with Gasteiger partial charge in [0.25, 0.3) is 5.91 Å². The lowest BCUT2D eigenvalue weighted by Crippen LogP contribution is -2.29. The molecule has 0 bridgehead atoms. The summed E-state index contributed by atoms with van der Waals surface area (Å²) < 4.78 is 0. The predicted octanol–water partition coefficient (Wildman–Crippen LogP) is 2.99. The number of hydrogen-bond acceptors (Lipinski definition) is 3. The maximum atomic E-state index is 12.1. The Morgan fingerprint density at radius 1 is 0.950 bits per heavy atom. The van der Waals surface area contributed by atoms with Gasteiger partial charge in [0.05, 0.1) is 11.2 Å². The number of hydrazine groups is 1. The maximum Gasteiger partial charge on any atom is 0.269 e. The summed E-state index contributed by atoms with van der Waals surface area (Å²) in [6.45, 7) is 0. The molecule has 1 heterocycles. The van der Waals surface area contributed by atoms with Crippen LogP contribution >= 0.6 is 0 Å². The number of nitrogens with one attached hydrogen (secondary N) is 2. The Balaban J connectivity index is 1.75. The molecule has 0 unspecified atom stereocenters. The van der Waals surface area contributed by atoms with Crippen molar-refractivity contribution in [1.82, 2.24) is 10.4 Å². The Kier molecular flexibility index (Phi) is 3.29. The van der Waals surface area contributed by atoms with E-state index < -0.39 is 0 Å². The minimum atomic E-state index is -0.181. The third-order valence-corrected chi connectivity index (χ3v) is 2.96. The molecule has 0 atom stereocenters. The minimum absolute atomic E-state index is 0.181. The highest BCUT2D eigenvalue weighted by molar-refractivity contribution is 5.98. The van der Waals surface area contributed by atoms with Gasteiger partial charge in [0.2, 0.25) is 0 Å². The average Bonchev–Trinajstić information content (AvgIpc) is 2.53. The van der Waals surface area contributed by atoms with E-state index in [1.807, 2.05) is 54.6 Å². The van der Waals surface area contributed by atoms with E-state index in [-0.39, 0.29) is 5.91 Å². The number of carbonyl (C=O) groups excluding carboxylic acids is 1. The van der Waals surface area contributed by atoms with E-state index in [9.17, 15) is 4.79 Å². The lowest BCUT2D eigenvalue weighted by Gasteiger charge is -2.08. The summed E-state index contributed by atoms with van der Waals surface area (Å²) in [4.78, 5) is 16.3. The van der Waals surface area contributed by atoms with Crippen LogP contribution in [0.15, 0.2) is 66.9 Å². The normalized spacial score (nSPS) is 10.2. The van der Waals surface area contributed by atoms with Gasteiger partial charge in [-0.25, -0.2) is 0 Å². The average molecular weight is 263 g/mol. The highest BCUT2D eigenvalue weighted by Crippen LogP contribution is 2.13. The number of para-hydroxylation sites is 1. The highest BCUT2D eigenvalue weighted by Gasteiger charge is 2.05. The van der Waals surface area contributed by atoms with Crippen molar-refractivity contribution in [1.29, 1.82) is 0 Å². The van der Waals surface area contributed by atoms with Gasteiger partial charge in [0.1, 0.15) is 0 Å². The van der Waals surface area contributed by atoms with Crippen molar-refractivity contribution in [2.45, 2.75) is 0 Å². The van der Waals surface area contributed by atoms with Crippen molar-refractivity contribution in [2.75, 3.05) is 5.43 Å². The molecule has 3 aromatic rings. The zero-order valence-electron chi connectivity index (χ0n) is 10.7. The molecule has 98 valence electrons. The standard InChI is InChI=1S/C16H13N3O/c20-16(19-18-14-6-2-1-3-7-14)13-8-9-15-12(11-13)5-4-10-17-15/h1-11,18H,(H,19,20). The Morgan fingerprint density at radius 3 is 2.65 bits per heavy atom. The number of benzene rings is 2. The monoisotopic (exact) mass is 263 g/mol. The largest absolute Gasteiger partial charge is 0.298 e. The molecule has 0 saturated carbocycles. The first kappa shape index (κ1) is 12.2. The van der Waals surface area contributed by atoms with E-state index in [1.165, 1.54) is 0 Å². The molecule has 2 N–H and O–H groups in total. The van der Waals surface area contributed by atoms with Crippen LogP contribution in [-0.4, -0.2) is 10.9 Å². The number of hydrogen-bond donors (Lipinski definition) is 2. The highest BCUT2D eigenvalue weighted by atomic mass is 16.2. The molecule has 0 aliphatic rings. The van der Waals surface area contributed by atoms with Gasteiger partial charge in [-0.05, 0) is 36.4 Å². The molecule has 20 heavy (non-hydrogen) atoms. The van der Waals surface area contributed by atoms with E-state index in [1.54, 1.807) is 12.3 Å². The van der Waals surface area contributed by atoms with Crippen LogP contribution in [0.1, 0.15) is 10.4 Å². The predicted molar refractivity (Wildman–Crippen MR) is 79.3 cm³/mol. The summed E-state index contributed by atoms with van der Waals surface area (Å²) in [6, 6.07) is 18.7. The van der Waals surface area contributed by atoms with E-state index in [2.05, 4.69) is 15.8 Å². The molecule has 0 radical (unpaired) electrons. The van der Waals surface area contributed by atoms with E-state index >= 15 is 0 Å². The van der Waals surface area contributed by atoms with Crippen LogP contribution in [0.25, 0.3) is 10.9 Å². The smallest absolute Gasteiger partial charge is 0.269 e. The fourth-order valence-corrected chi connectivity index (χ4v) is 1.94. The lowest BCUT2D eigenvalue weighted by atomic mass is 10.1. The number of carbonyl (C=O) groups is 1. The van der Waals surface area contributed by atoms with Crippen molar-refractivity contribution >= 4 is 22.5 Å². The number of aromatic nitrogens is 1. The molecule has 0 spiro atoms. The molecule has 4 heteroatoms. The van der Waals surface area contributed by atoms with Gasteiger partial charge < -0.3 is 0 Å². The molecule has 2 aromatic carbocycles. The van der Waals surface area contributed by atoms with Crippen molar-refractivity contribution in [2.24, 2.45) is 0 Å². The zero-order chi connectivity index (χ0) is 13.8. The minimum Gasteiger partial charge on any atom is -0.298 e. The van der Waals surface area contributed by atoms with Crippen LogP contribution in [0.3, 0.4) is 0 Å². The van der Waals surface area contributed by atoms with Crippen LogP contribution in [0.2, 0.25) is 0 Å². The molecule has 3 rings (SSSR count). The molecule has 4 nitrogen and oxygen atoms in total. The molecule has 0 aliphatic carbocycles. The fraction of sp³-hybridized carbons (Fsp3) is 0. The van der Waals surface area contributed by atoms with Crippen LogP contribution in [-0.2, 0) is 0 Å². The fourth-order valence-electron chi connectivity index (χ4n) is 1.94. The molecule has 0 aliphatic heterocycles. The third-order valence-electron chi connectivity index (χ3n) is 2.96. The zero-order valence-corrected chi connectivity index (χ0v) is 10.7. The quantitative estimate of drug-likeness (QED) is 0.714. The first-order valence-electron chi connectivity index (χ1n) is 6.29. The lowest BCUT2D eigenvalue weighted by molar-refractivity contribution is 0.0963. The summed E-state index contributed by atoms with van der Waals surface area (Å²) >= 11 is 0. The third kappa shape index (κ3) is 2.59. The summed E-state index contributed by atoms with van der Waals surface area (Å²) in [6.07, 6.45) is 1.74. The molecular formula is C16H13N3O.